The summed E-state index contributed by atoms with van der Waals surface area (Å²) >= 11 is 1.72. The summed E-state index contributed by atoms with van der Waals surface area (Å²) < 4.78 is 0. The van der Waals surface area contributed by atoms with Gasteiger partial charge in [-0.1, -0.05) is 6.07 Å². The quantitative estimate of drug-likeness (QED) is 0.712. The molecule has 1 saturated heterocycles. The molecule has 1 aliphatic carbocycles. The lowest BCUT2D eigenvalue weighted by atomic mass is 10.2. The second-order valence-corrected chi connectivity index (χ2v) is 7.98. The van der Waals surface area contributed by atoms with Crippen LogP contribution >= 0.6 is 11.3 Å². The Morgan fingerprint density at radius 2 is 2.04 bits per heavy atom. The van der Waals surface area contributed by atoms with Crippen molar-refractivity contribution >= 4 is 23.2 Å². The first-order valence-electron chi connectivity index (χ1n) is 9.17. The summed E-state index contributed by atoms with van der Waals surface area (Å²) in [4.78, 5) is 29.9. The molecule has 25 heavy (non-hydrogen) atoms. The van der Waals surface area contributed by atoms with E-state index >= 15 is 0 Å². The molecule has 2 amide bonds. The fraction of sp³-hybridized carbons (Fsp3) is 0.667. The van der Waals surface area contributed by atoms with Crippen molar-refractivity contribution in [3.8, 4) is 0 Å². The zero-order valence-corrected chi connectivity index (χ0v) is 15.7. The average Bonchev–Trinajstić information content (AvgIpc) is 3.26. The number of piperazine rings is 1. The molecule has 1 saturated carbocycles. The smallest absolute Gasteiger partial charge is 0.237 e. The number of carbonyl (C=O) groups excluding carboxylic acids is 2. The van der Waals surface area contributed by atoms with Crippen molar-refractivity contribution in [1.29, 1.82) is 0 Å². The van der Waals surface area contributed by atoms with Crippen LogP contribution in [0.25, 0.3) is 0 Å². The van der Waals surface area contributed by atoms with Crippen LogP contribution in [-0.2, 0) is 16.0 Å². The van der Waals surface area contributed by atoms with Crippen LogP contribution in [0.3, 0.4) is 0 Å². The number of nitrogens with one attached hydrogen (secondary N) is 2. The summed E-state index contributed by atoms with van der Waals surface area (Å²) in [6.07, 6.45) is 3.14. The van der Waals surface area contributed by atoms with Gasteiger partial charge in [-0.3, -0.25) is 19.4 Å². The van der Waals surface area contributed by atoms with Crippen molar-refractivity contribution in [1.82, 2.24) is 20.4 Å². The highest BCUT2D eigenvalue weighted by atomic mass is 32.1. The maximum atomic E-state index is 12.3. The zero-order valence-electron chi connectivity index (χ0n) is 14.9. The summed E-state index contributed by atoms with van der Waals surface area (Å²) in [6, 6.07) is 4.44. The topological polar surface area (TPSA) is 64.7 Å². The van der Waals surface area contributed by atoms with Gasteiger partial charge >= 0.3 is 0 Å². The van der Waals surface area contributed by atoms with E-state index in [1.54, 1.807) is 11.3 Å². The van der Waals surface area contributed by atoms with E-state index in [2.05, 4.69) is 31.9 Å². The van der Waals surface area contributed by atoms with Crippen molar-refractivity contribution in [3.05, 3.63) is 22.4 Å². The highest BCUT2D eigenvalue weighted by Gasteiger charge is 2.28. The van der Waals surface area contributed by atoms with Gasteiger partial charge in [-0.2, -0.15) is 0 Å². The first-order chi connectivity index (χ1) is 12.1. The standard InChI is InChI=1S/C18H28N4O2S/c1-14(18(24)19-7-6-16-3-2-12-25-16)22-10-8-21(9-11-22)13-17(23)20-15-4-5-15/h2-3,12,14-15H,4-11,13H2,1H3,(H,19,24)(H,20,23)/t14-/m0/s1. The van der Waals surface area contributed by atoms with Gasteiger partial charge in [-0.05, 0) is 37.6 Å². The van der Waals surface area contributed by atoms with Crippen LogP contribution in [0.4, 0.5) is 0 Å². The van der Waals surface area contributed by atoms with Crippen LogP contribution in [0.1, 0.15) is 24.6 Å². The number of thiophene rings is 1. The largest absolute Gasteiger partial charge is 0.354 e. The third kappa shape index (κ3) is 5.80. The maximum Gasteiger partial charge on any atom is 0.237 e. The average molecular weight is 365 g/mol. The Morgan fingerprint density at radius 1 is 1.28 bits per heavy atom. The van der Waals surface area contributed by atoms with Gasteiger partial charge in [0, 0.05) is 43.6 Å². The molecule has 0 unspecified atom stereocenters. The summed E-state index contributed by atoms with van der Waals surface area (Å²) in [7, 11) is 0. The lowest BCUT2D eigenvalue weighted by Gasteiger charge is -2.37. The van der Waals surface area contributed by atoms with Crippen LogP contribution in [0.15, 0.2) is 17.5 Å². The van der Waals surface area contributed by atoms with E-state index in [1.165, 1.54) is 4.88 Å². The number of nitrogens with zero attached hydrogens (tertiary/aromatic N) is 2. The molecule has 2 N–H and O–H groups in total. The van der Waals surface area contributed by atoms with Gasteiger partial charge in [-0.15, -0.1) is 11.3 Å². The van der Waals surface area contributed by atoms with Gasteiger partial charge in [-0.25, -0.2) is 0 Å². The molecule has 2 heterocycles. The lowest BCUT2D eigenvalue weighted by molar-refractivity contribution is -0.127. The number of rotatable bonds is 8. The number of hydrogen-bond acceptors (Lipinski definition) is 5. The Kier molecular flexibility index (Phi) is 6.45. The molecule has 0 radical (unpaired) electrons. The highest BCUT2D eigenvalue weighted by Crippen LogP contribution is 2.18. The molecular weight excluding hydrogens is 336 g/mol. The number of carbonyl (C=O) groups is 2. The van der Waals surface area contributed by atoms with Crippen LogP contribution in [0.2, 0.25) is 0 Å². The summed E-state index contributed by atoms with van der Waals surface area (Å²) in [5, 5.41) is 8.13. The Balaban J connectivity index is 1.33. The van der Waals surface area contributed by atoms with E-state index in [-0.39, 0.29) is 17.9 Å². The Labute approximate surface area is 153 Å². The molecule has 2 aliphatic rings. The molecule has 2 fully saturated rings. The monoisotopic (exact) mass is 364 g/mol. The minimum absolute atomic E-state index is 0.0940. The van der Waals surface area contributed by atoms with Gasteiger partial charge < -0.3 is 10.6 Å². The Morgan fingerprint density at radius 3 is 2.68 bits per heavy atom. The van der Waals surface area contributed by atoms with Crippen LogP contribution in [0.5, 0.6) is 0 Å². The molecule has 1 aromatic rings. The molecule has 0 aromatic carbocycles. The van der Waals surface area contributed by atoms with E-state index < -0.39 is 0 Å². The second-order valence-electron chi connectivity index (χ2n) is 6.95. The van der Waals surface area contributed by atoms with Gasteiger partial charge in [0.1, 0.15) is 0 Å². The first kappa shape index (κ1) is 18.4. The van der Waals surface area contributed by atoms with Gasteiger partial charge in [0.25, 0.3) is 0 Å². The summed E-state index contributed by atoms with van der Waals surface area (Å²) in [6.45, 7) is 6.47. The van der Waals surface area contributed by atoms with Crippen molar-refractivity contribution < 1.29 is 9.59 Å². The minimum Gasteiger partial charge on any atom is -0.354 e. The van der Waals surface area contributed by atoms with Gasteiger partial charge in [0.15, 0.2) is 0 Å². The van der Waals surface area contributed by atoms with Crippen LogP contribution in [0, 0.1) is 0 Å². The third-order valence-electron chi connectivity index (χ3n) is 4.89. The molecule has 6 nitrogen and oxygen atoms in total. The van der Waals surface area contributed by atoms with Crippen molar-refractivity contribution in [2.75, 3.05) is 39.3 Å². The fourth-order valence-electron chi connectivity index (χ4n) is 3.09. The third-order valence-corrected chi connectivity index (χ3v) is 5.83. The second kappa shape index (κ2) is 8.78. The molecule has 7 heteroatoms. The lowest BCUT2D eigenvalue weighted by Crippen LogP contribution is -2.55. The van der Waals surface area contributed by atoms with Crippen LogP contribution < -0.4 is 10.6 Å². The molecule has 1 aliphatic heterocycles. The summed E-state index contributed by atoms with van der Waals surface area (Å²) in [5.41, 5.74) is 0. The van der Waals surface area contributed by atoms with Gasteiger partial charge in [0.2, 0.25) is 11.8 Å². The molecule has 1 aromatic heterocycles. The van der Waals surface area contributed by atoms with Crippen molar-refractivity contribution in [3.63, 3.8) is 0 Å². The highest BCUT2D eigenvalue weighted by molar-refractivity contribution is 7.09. The van der Waals surface area contributed by atoms with E-state index in [9.17, 15) is 9.59 Å². The number of amides is 2. The predicted octanol–water partition coefficient (Wildman–Crippen LogP) is 0.692. The number of hydrogen-bond donors (Lipinski definition) is 2. The SMILES string of the molecule is C[C@@H](C(=O)NCCc1cccs1)N1CCN(CC(=O)NC2CC2)CC1. The van der Waals surface area contributed by atoms with Crippen LogP contribution in [-0.4, -0.2) is 73.0 Å². The molecule has 0 bridgehead atoms. The minimum atomic E-state index is -0.120. The van der Waals surface area contributed by atoms with E-state index in [0.29, 0.717) is 19.1 Å². The normalized spacial score (nSPS) is 20.2. The zero-order chi connectivity index (χ0) is 17.6. The molecule has 1 atom stereocenters. The van der Waals surface area contributed by atoms with E-state index in [0.717, 1.165) is 45.4 Å². The van der Waals surface area contributed by atoms with Crippen molar-refractivity contribution in [2.45, 2.75) is 38.3 Å². The predicted molar refractivity (Wildman–Crippen MR) is 99.7 cm³/mol. The van der Waals surface area contributed by atoms with E-state index in [1.807, 2.05) is 13.0 Å². The maximum absolute atomic E-state index is 12.3. The fourth-order valence-corrected chi connectivity index (χ4v) is 3.80. The molecule has 3 rings (SSSR count). The van der Waals surface area contributed by atoms with Gasteiger partial charge in [0.05, 0.1) is 12.6 Å². The molecule has 138 valence electrons. The Hall–Kier alpha value is -1.44. The van der Waals surface area contributed by atoms with E-state index in [4.69, 9.17) is 0 Å². The summed E-state index contributed by atoms with van der Waals surface area (Å²) in [5.74, 6) is 0.229. The Bertz CT molecular complexity index is 566. The first-order valence-corrected chi connectivity index (χ1v) is 10.1. The molecular formula is C18H28N4O2S. The molecule has 0 spiro atoms. The van der Waals surface area contributed by atoms with Crippen molar-refractivity contribution in [2.24, 2.45) is 0 Å².